The maximum absolute atomic E-state index is 10.6. The van der Waals surface area contributed by atoms with E-state index in [4.69, 9.17) is 4.74 Å². The van der Waals surface area contributed by atoms with Gasteiger partial charge in [-0.1, -0.05) is 17.7 Å². The molecular weight excluding hydrogens is 176 g/mol. The van der Waals surface area contributed by atoms with Crippen LogP contribution in [0.15, 0.2) is 24.3 Å². The van der Waals surface area contributed by atoms with Gasteiger partial charge in [0.15, 0.2) is 0 Å². The second-order valence-corrected chi connectivity index (χ2v) is 3.66. The highest BCUT2D eigenvalue weighted by Gasteiger charge is 2.04. The molecule has 2 heteroatoms. The Bertz CT molecular complexity index is 212. The van der Waals surface area contributed by atoms with Crippen molar-refractivity contribution in [2.75, 3.05) is 6.61 Å². The number of carbonyl (C=O) groups excluding carboxylic acids is 1. The number of ether oxygens (including phenoxy) is 1. The molecule has 14 heavy (non-hydrogen) atoms. The molecular formula is C12H20O2. The van der Waals surface area contributed by atoms with Gasteiger partial charge >= 0.3 is 5.97 Å². The highest BCUT2D eigenvalue weighted by Crippen LogP contribution is 2.10. The number of allylic oxidation sites excluding steroid dienone is 2. The van der Waals surface area contributed by atoms with Crippen LogP contribution in [0.3, 0.4) is 0 Å². The van der Waals surface area contributed by atoms with Gasteiger partial charge in [-0.3, -0.25) is 4.79 Å². The lowest BCUT2D eigenvalue weighted by Crippen LogP contribution is -2.09. The molecule has 0 aliphatic rings. The van der Waals surface area contributed by atoms with Gasteiger partial charge in [0.2, 0.25) is 0 Å². The molecule has 1 unspecified atom stereocenters. The molecule has 0 N–H and O–H groups in total. The highest BCUT2D eigenvalue weighted by molar-refractivity contribution is 5.65. The molecule has 0 saturated heterocycles. The van der Waals surface area contributed by atoms with Crippen LogP contribution in [0.1, 0.15) is 33.6 Å². The zero-order valence-corrected chi connectivity index (χ0v) is 9.38. The standard InChI is InChI=1S/C12H20O2/c1-5-12(9-14-11(4)13)8-6-7-10(2)3/h5,7,12H,1,6,8-9H2,2-4H3. The van der Waals surface area contributed by atoms with Crippen molar-refractivity contribution < 1.29 is 9.53 Å². The molecule has 0 fully saturated rings. The third-order valence-corrected chi connectivity index (χ3v) is 1.92. The molecule has 0 spiro atoms. The van der Waals surface area contributed by atoms with E-state index in [1.165, 1.54) is 12.5 Å². The average Bonchev–Trinajstić information content (AvgIpc) is 2.10. The van der Waals surface area contributed by atoms with Crippen LogP contribution >= 0.6 is 0 Å². The molecule has 2 nitrogen and oxygen atoms in total. The molecule has 0 aromatic heterocycles. The summed E-state index contributed by atoms with van der Waals surface area (Å²) in [6.07, 6.45) is 6.04. The molecule has 1 atom stereocenters. The zero-order valence-electron chi connectivity index (χ0n) is 9.38. The minimum Gasteiger partial charge on any atom is -0.465 e. The Labute approximate surface area is 86.6 Å². The van der Waals surface area contributed by atoms with Gasteiger partial charge in [0.25, 0.3) is 0 Å². The van der Waals surface area contributed by atoms with Crippen LogP contribution in [-0.4, -0.2) is 12.6 Å². The Kier molecular flexibility index (Phi) is 6.81. The molecule has 0 heterocycles. The predicted octanol–water partition coefficient (Wildman–Crippen LogP) is 3.10. The Morgan fingerprint density at radius 1 is 1.43 bits per heavy atom. The predicted molar refractivity (Wildman–Crippen MR) is 59.0 cm³/mol. The van der Waals surface area contributed by atoms with Crippen LogP contribution in [0.25, 0.3) is 0 Å². The van der Waals surface area contributed by atoms with Crippen molar-refractivity contribution in [1.29, 1.82) is 0 Å². The summed E-state index contributed by atoms with van der Waals surface area (Å²) < 4.78 is 4.92. The van der Waals surface area contributed by atoms with E-state index in [0.717, 1.165) is 12.8 Å². The van der Waals surface area contributed by atoms with Crippen LogP contribution in [-0.2, 0) is 9.53 Å². The Morgan fingerprint density at radius 3 is 2.50 bits per heavy atom. The fraction of sp³-hybridized carbons (Fsp3) is 0.583. The van der Waals surface area contributed by atoms with Crippen LogP contribution < -0.4 is 0 Å². The van der Waals surface area contributed by atoms with Gasteiger partial charge in [-0.05, 0) is 26.7 Å². The third kappa shape index (κ3) is 7.59. The normalized spacial score (nSPS) is 11.6. The third-order valence-electron chi connectivity index (χ3n) is 1.92. The maximum atomic E-state index is 10.6. The fourth-order valence-corrected chi connectivity index (χ4v) is 1.08. The first-order valence-corrected chi connectivity index (χ1v) is 4.95. The molecule has 0 aliphatic carbocycles. The van der Waals surface area contributed by atoms with E-state index in [-0.39, 0.29) is 11.9 Å². The number of rotatable bonds is 6. The Balaban J connectivity index is 3.74. The summed E-state index contributed by atoms with van der Waals surface area (Å²) >= 11 is 0. The molecule has 0 aromatic rings. The number of hydrogen-bond acceptors (Lipinski definition) is 2. The molecule has 0 amide bonds. The molecule has 0 saturated carbocycles. The Morgan fingerprint density at radius 2 is 2.07 bits per heavy atom. The smallest absolute Gasteiger partial charge is 0.302 e. The molecule has 80 valence electrons. The topological polar surface area (TPSA) is 26.3 Å². The molecule has 0 radical (unpaired) electrons. The molecule has 0 bridgehead atoms. The fourth-order valence-electron chi connectivity index (χ4n) is 1.08. The number of hydrogen-bond donors (Lipinski definition) is 0. The van der Waals surface area contributed by atoms with Crippen molar-refractivity contribution in [2.45, 2.75) is 33.6 Å². The number of esters is 1. The van der Waals surface area contributed by atoms with Gasteiger partial charge in [0.1, 0.15) is 0 Å². The summed E-state index contributed by atoms with van der Waals surface area (Å²) in [5, 5.41) is 0. The highest BCUT2D eigenvalue weighted by atomic mass is 16.5. The van der Waals surface area contributed by atoms with E-state index in [0.29, 0.717) is 6.61 Å². The van der Waals surface area contributed by atoms with E-state index in [1.807, 2.05) is 6.08 Å². The van der Waals surface area contributed by atoms with Crippen molar-refractivity contribution in [3.63, 3.8) is 0 Å². The van der Waals surface area contributed by atoms with Crippen LogP contribution in [0.2, 0.25) is 0 Å². The van der Waals surface area contributed by atoms with Gasteiger partial charge < -0.3 is 4.74 Å². The zero-order chi connectivity index (χ0) is 11.0. The summed E-state index contributed by atoms with van der Waals surface area (Å²) in [5.41, 5.74) is 1.32. The Hall–Kier alpha value is -1.05. The molecule has 0 aromatic carbocycles. The van der Waals surface area contributed by atoms with Crippen LogP contribution in [0.5, 0.6) is 0 Å². The quantitative estimate of drug-likeness (QED) is 0.482. The minimum atomic E-state index is -0.223. The molecule has 0 rings (SSSR count). The summed E-state index contributed by atoms with van der Waals surface area (Å²) in [7, 11) is 0. The maximum Gasteiger partial charge on any atom is 0.302 e. The van der Waals surface area contributed by atoms with Gasteiger partial charge in [0, 0.05) is 12.8 Å². The van der Waals surface area contributed by atoms with Crippen LogP contribution in [0.4, 0.5) is 0 Å². The van der Waals surface area contributed by atoms with E-state index in [9.17, 15) is 4.79 Å². The minimum absolute atomic E-state index is 0.223. The van der Waals surface area contributed by atoms with Gasteiger partial charge in [-0.25, -0.2) is 0 Å². The largest absolute Gasteiger partial charge is 0.465 e. The summed E-state index contributed by atoms with van der Waals surface area (Å²) in [6.45, 7) is 9.76. The summed E-state index contributed by atoms with van der Waals surface area (Å²) in [6, 6.07) is 0. The lowest BCUT2D eigenvalue weighted by Gasteiger charge is -2.10. The number of carbonyl (C=O) groups is 1. The SMILES string of the molecule is C=CC(CCC=C(C)C)COC(C)=O. The molecule has 0 aliphatic heterocycles. The lowest BCUT2D eigenvalue weighted by molar-refractivity contribution is -0.141. The van der Waals surface area contributed by atoms with E-state index < -0.39 is 0 Å². The van der Waals surface area contributed by atoms with Gasteiger partial charge in [-0.15, -0.1) is 6.58 Å². The first-order valence-electron chi connectivity index (χ1n) is 4.95. The van der Waals surface area contributed by atoms with Crippen molar-refractivity contribution >= 4 is 5.97 Å². The second kappa shape index (κ2) is 7.36. The van der Waals surface area contributed by atoms with E-state index in [1.54, 1.807) is 0 Å². The second-order valence-electron chi connectivity index (χ2n) is 3.66. The van der Waals surface area contributed by atoms with Gasteiger partial charge in [-0.2, -0.15) is 0 Å². The van der Waals surface area contributed by atoms with Crippen molar-refractivity contribution in [2.24, 2.45) is 5.92 Å². The van der Waals surface area contributed by atoms with E-state index >= 15 is 0 Å². The van der Waals surface area contributed by atoms with Crippen molar-refractivity contribution in [1.82, 2.24) is 0 Å². The average molecular weight is 196 g/mol. The lowest BCUT2D eigenvalue weighted by atomic mass is 10.0. The van der Waals surface area contributed by atoms with Gasteiger partial charge in [0.05, 0.1) is 6.61 Å². The van der Waals surface area contributed by atoms with Crippen LogP contribution in [0, 0.1) is 5.92 Å². The summed E-state index contributed by atoms with van der Waals surface area (Å²) in [5.74, 6) is 0.0496. The summed E-state index contributed by atoms with van der Waals surface area (Å²) in [4.78, 5) is 10.6. The van der Waals surface area contributed by atoms with Crippen molar-refractivity contribution in [3.8, 4) is 0 Å². The monoisotopic (exact) mass is 196 g/mol. The first kappa shape index (κ1) is 12.9. The van der Waals surface area contributed by atoms with E-state index in [2.05, 4.69) is 26.5 Å². The van der Waals surface area contributed by atoms with Crippen molar-refractivity contribution in [3.05, 3.63) is 24.3 Å². The first-order chi connectivity index (χ1) is 6.56.